The summed E-state index contributed by atoms with van der Waals surface area (Å²) in [5, 5.41) is 3.29. The number of ketones is 1. The lowest BCUT2D eigenvalue weighted by Crippen LogP contribution is -2.41. The number of fused-ring (bicyclic) bond motifs is 1. The highest BCUT2D eigenvalue weighted by Crippen LogP contribution is 2.17. The summed E-state index contributed by atoms with van der Waals surface area (Å²) in [6, 6.07) is 8.26. The quantitative estimate of drug-likeness (QED) is 0.783. The monoisotopic (exact) mass is 215 g/mol. The first-order valence-electron chi connectivity index (χ1n) is 5.64. The average molecular weight is 215 g/mol. The molecule has 0 radical (unpaired) electrons. The maximum absolute atomic E-state index is 11.9. The number of benzene rings is 1. The minimum atomic E-state index is -0.0356. The fourth-order valence-corrected chi connectivity index (χ4v) is 2.10. The van der Waals surface area contributed by atoms with Crippen molar-refractivity contribution in [2.75, 3.05) is 0 Å². The van der Waals surface area contributed by atoms with Gasteiger partial charge in [-0.25, -0.2) is 0 Å². The molecule has 0 bridgehead atoms. The first kappa shape index (κ1) is 11.1. The van der Waals surface area contributed by atoms with E-state index >= 15 is 0 Å². The summed E-state index contributed by atoms with van der Waals surface area (Å²) in [5.41, 5.74) is 3.54. The molecule has 1 heterocycles. The van der Waals surface area contributed by atoms with E-state index < -0.39 is 0 Å². The van der Waals surface area contributed by atoms with Gasteiger partial charge in [0.25, 0.3) is 0 Å². The van der Waals surface area contributed by atoms with Crippen molar-refractivity contribution in [3.8, 4) is 0 Å². The fourth-order valence-electron chi connectivity index (χ4n) is 2.10. The van der Waals surface area contributed by atoms with Gasteiger partial charge in [0.2, 0.25) is 0 Å². The van der Waals surface area contributed by atoms with Gasteiger partial charge in [-0.1, -0.05) is 36.4 Å². The lowest BCUT2D eigenvalue weighted by atomic mass is 9.92. The Balaban J connectivity index is 2.08. The molecular formula is C14H17NO. The van der Waals surface area contributed by atoms with Crippen molar-refractivity contribution in [1.29, 1.82) is 0 Å². The Morgan fingerprint density at radius 3 is 2.81 bits per heavy atom. The average Bonchev–Trinajstić information content (AvgIpc) is 2.27. The Bertz CT molecular complexity index is 422. The Morgan fingerprint density at radius 1 is 1.44 bits per heavy atom. The zero-order chi connectivity index (χ0) is 11.5. The van der Waals surface area contributed by atoms with E-state index in [1.165, 1.54) is 11.1 Å². The summed E-state index contributed by atoms with van der Waals surface area (Å²) in [4.78, 5) is 11.9. The lowest BCUT2D eigenvalue weighted by molar-refractivity contribution is -0.120. The Kier molecular flexibility index (Phi) is 3.20. The first-order valence-corrected chi connectivity index (χ1v) is 5.64. The summed E-state index contributed by atoms with van der Waals surface area (Å²) >= 11 is 0. The van der Waals surface area contributed by atoms with Crippen LogP contribution in [0.15, 0.2) is 36.4 Å². The van der Waals surface area contributed by atoms with E-state index in [0.717, 1.165) is 18.5 Å². The predicted molar refractivity (Wildman–Crippen MR) is 65.2 cm³/mol. The number of nitrogens with one attached hydrogen (secondary N) is 1. The summed E-state index contributed by atoms with van der Waals surface area (Å²) in [5.74, 6) is 0.252. The molecule has 1 atom stereocenters. The van der Waals surface area contributed by atoms with Gasteiger partial charge in [0.15, 0.2) is 5.78 Å². The Morgan fingerprint density at radius 2 is 2.12 bits per heavy atom. The topological polar surface area (TPSA) is 29.1 Å². The van der Waals surface area contributed by atoms with Crippen LogP contribution in [0.5, 0.6) is 0 Å². The highest BCUT2D eigenvalue weighted by atomic mass is 16.1. The fraction of sp³-hybridized carbons (Fsp3) is 0.357. The Labute approximate surface area is 96.4 Å². The maximum Gasteiger partial charge on any atom is 0.154 e. The number of rotatable bonds is 3. The van der Waals surface area contributed by atoms with Crippen LogP contribution in [-0.4, -0.2) is 11.8 Å². The minimum Gasteiger partial charge on any atom is -0.303 e. The molecular weight excluding hydrogens is 198 g/mol. The highest BCUT2D eigenvalue weighted by Gasteiger charge is 2.23. The van der Waals surface area contributed by atoms with Crippen LogP contribution < -0.4 is 5.32 Å². The van der Waals surface area contributed by atoms with Crippen LogP contribution in [0, 0.1) is 0 Å². The van der Waals surface area contributed by atoms with Gasteiger partial charge in [0, 0.05) is 13.0 Å². The molecule has 1 aromatic rings. The van der Waals surface area contributed by atoms with Crippen molar-refractivity contribution in [2.45, 2.75) is 32.4 Å². The molecule has 0 aromatic heterocycles. The smallest absolute Gasteiger partial charge is 0.154 e. The van der Waals surface area contributed by atoms with E-state index in [1.54, 1.807) is 0 Å². The van der Waals surface area contributed by atoms with E-state index in [-0.39, 0.29) is 11.8 Å². The summed E-state index contributed by atoms with van der Waals surface area (Å²) in [6.07, 6.45) is 1.29. The van der Waals surface area contributed by atoms with Crippen molar-refractivity contribution in [3.05, 3.63) is 47.5 Å². The minimum absolute atomic E-state index is 0.0356. The van der Waals surface area contributed by atoms with Crippen LogP contribution >= 0.6 is 0 Å². The van der Waals surface area contributed by atoms with Crippen LogP contribution in [0.3, 0.4) is 0 Å². The van der Waals surface area contributed by atoms with E-state index in [9.17, 15) is 4.79 Å². The third kappa shape index (κ3) is 2.39. The number of Topliss-reactive ketones (excluding diaryl/α,β-unsaturated/α-hetero) is 1. The number of hydrogen-bond donors (Lipinski definition) is 1. The molecule has 1 unspecified atom stereocenters. The molecule has 0 saturated carbocycles. The largest absolute Gasteiger partial charge is 0.303 e. The van der Waals surface area contributed by atoms with Gasteiger partial charge in [-0.15, -0.1) is 0 Å². The number of carbonyl (C=O) groups is 1. The van der Waals surface area contributed by atoms with E-state index in [1.807, 2.05) is 19.1 Å². The van der Waals surface area contributed by atoms with Crippen molar-refractivity contribution in [2.24, 2.45) is 0 Å². The molecule has 0 amide bonds. The van der Waals surface area contributed by atoms with Gasteiger partial charge < -0.3 is 5.32 Å². The predicted octanol–water partition coefficient (Wildman–Crippen LogP) is 2.24. The molecule has 1 aliphatic heterocycles. The second-order valence-electron chi connectivity index (χ2n) is 4.51. The first-order chi connectivity index (χ1) is 7.66. The summed E-state index contributed by atoms with van der Waals surface area (Å²) < 4.78 is 0. The summed E-state index contributed by atoms with van der Waals surface area (Å²) in [6.45, 7) is 6.48. The molecule has 1 aromatic carbocycles. The van der Waals surface area contributed by atoms with E-state index in [0.29, 0.717) is 6.42 Å². The number of hydrogen-bond acceptors (Lipinski definition) is 2. The third-order valence-corrected chi connectivity index (χ3v) is 2.95. The van der Waals surface area contributed by atoms with Gasteiger partial charge in [-0.05, 0) is 24.5 Å². The number of carbonyl (C=O) groups excluding carboxylic acids is 1. The molecule has 0 fully saturated rings. The maximum atomic E-state index is 11.9. The Hall–Kier alpha value is -1.41. The summed E-state index contributed by atoms with van der Waals surface area (Å²) in [7, 11) is 0. The molecule has 2 rings (SSSR count). The standard InChI is InChI=1S/C14H17NO/c1-10(2)7-14(16)13-8-11-5-3-4-6-12(11)9-15-13/h3-6,13,15H,1,7-9H2,2H3. The van der Waals surface area contributed by atoms with Crippen LogP contribution in [0.4, 0.5) is 0 Å². The third-order valence-electron chi connectivity index (χ3n) is 2.95. The SMILES string of the molecule is C=C(C)CC(=O)C1Cc2ccccc2CN1. The molecule has 0 spiro atoms. The molecule has 16 heavy (non-hydrogen) atoms. The van der Waals surface area contributed by atoms with Gasteiger partial charge in [-0.2, -0.15) is 0 Å². The van der Waals surface area contributed by atoms with Gasteiger partial charge in [0.1, 0.15) is 0 Å². The van der Waals surface area contributed by atoms with Crippen LogP contribution in [0.1, 0.15) is 24.5 Å². The van der Waals surface area contributed by atoms with Gasteiger partial charge in [0.05, 0.1) is 6.04 Å². The molecule has 0 saturated heterocycles. The molecule has 1 aliphatic rings. The van der Waals surface area contributed by atoms with Crippen molar-refractivity contribution in [3.63, 3.8) is 0 Å². The molecule has 0 aliphatic carbocycles. The highest BCUT2D eigenvalue weighted by molar-refractivity contribution is 5.86. The van der Waals surface area contributed by atoms with E-state index in [4.69, 9.17) is 0 Å². The van der Waals surface area contributed by atoms with Crippen molar-refractivity contribution in [1.82, 2.24) is 5.32 Å². The second kappa shape index (κ2) is 4.62. The van der Waals surface area contributed by atoms with E-state index in [2.05, 4.69) is 24.0 Å². The molecule has 2 heteroatoms. The second-order valence-corrected chi connectivity index (χ2v) is 4.51. The zero-order valence-electron chi connectivity index (χ0n) is 9.62. The molecule has 2 nitrogen and oxygen atoms in total. The van der Waals surface area contributed by atoms with Crippen LogP contribution in [-0.2, 0) is 17.8 Å². The lowest BCUT2D eigenvalue weighted by Gasteiger charge is -2.25. The van der Waals surface area contributed by atoms with Crippen molar-refractivity contribution >= 4 is 5.78 Å². The van der Waals surface area contributed by atoms with Gasteiger partial charge >= 0.3 is 0 Å². The van der Waals surface area contributed by atoms with Crippen LogP contribution in [0.2, 0.25) is 0 Å². The molecule has 1 N–H and O–H groups in total. The van der Waals surface area contributed by atoms with Crippen molar-refractivity contribution < 1.29 is 4.79 Å². The van der Waals surface area contributed by atoms with Gasteiger partial charge in [-0.3, -0.25) is 4.79 Å². The zero-order valence-corrected chi connectivity index (χ0v) is 9.62. The number of allylic oxidation sites excluding steroid dienone is 1. The normalized spacial score (nSPS) is 18.9. The molecule has 84 valence electrons. The van der Waals surface area contributed by atoms with Crippen LogP contribution in [0.25, 0.3) is 0 Å².